The Morgan fingerprint density at radius 3 is 2.45 bits per heavy atom. The van der Waals surface area contributed by atoms with Crippen molar-refractivity contribution < 1.29 is 54.8 Å². The molecule has 0 radical (unpaired) electrons. The highest BCUT2D eigenvalue weighted by molar-refractivity contribution is 5.79. The molecule has 0 spiro atoms. The van der Waals surface area contributed by atoms with Crippen LogP contribution in [0.25, 0.3) is 0 Å². The minimum atomic E-state index is -2.47. The fourth-order valence-corrected chi connectivity index (χ4v) is 4.47. The minimum absolute atomic E-state index is 0.0380. The number of aliphatic hydroxyl groups is 7. The maximum atomic E-state index is 12.5. The second kappa shape index (κ2) is 9.51. The molecule has 0 aliphatic carbocycles. The van der Waals surface area contributed by atoms with E-state index in [0.717, 1.165) is 11.3 Å². The lowest BCUT2D eigenvalue weighted by Gasteiger charge is -2.49. The van der Waals surface area contributed by atoms with E-state index in [4.69, 9.17) is 14.2 Å². The molecule has 0 aromatic heterocycles. The maximum absolute atomic E-state index is 12.5. The molecule has 0 saturated carbocycles. The van der Waals surface area contributed by atoms with Gasteiger partial charge in [-0.05, 0) is 18.3 Å². The van der Waals surface area contributed by atoms with Gasteiger partial charge in [-0.1, -0.05) is 13.8 Å². The molecule has 3 aliphatic heterocycles. The minimum Gasteiger partial charge on any atom is -0.394 e. The zero-order valence-electron chi connectivity index (χ0n) is 17.5. The number of hydrogen-bond acceptors (Lipinski definition) is 11. The molecule has 0 aromatic rings. The summed E-state index contributed by atoms with van der Waals surface area (Å²) in [5.41, 5.74) is 0. The standard InChI is InChI=1S/C19H33NO11/c1-8(2)3-9-4-12(23)20(5-9)19(28)17(27)16(10(22)7-29-19)31-18-15(26)14(25)13(24)11(6-21)30-18/h8-11,13-18,21-22,24-28H,3-7H2,1-2H3/t9-,10-,11-,13+,14+,15-,16-,17+,18+,19+/m1/s1. The zero-order valence-corrected chi connectivity index (χ0v) is 17.5. The molecule has 180 valence electrons. The van der Waals surface area contributed by atoms with Crippen LogP contribution >= 0.6 is 0 Å². The lowest BCUT2D eigenvalue weighted by molar-refractivity contribution is -0.396. The summed E-state index contributed by atoms with van der Waals surface area (Å²) in [5.74, 6) is -2.60. The molecule has 12 nitrogen and oxygen atoms in total. The van der Waals surface area contributed by atoms with E-state index in [-0.39, 0.29) is 18.9 Å². The molecular formula is C19H33NO11. The van der Waals surface area contributed by atoms with Gasteiger partial charge in [-0.25, -0.2) is 0 Å². The largest absolute Gasteiger partial charge is 0.394 e. The summed E-state index contributed by atoms with van der Waals surface area (Å²) in [6.45, 7) is 2.98. The first-order chi connectivity index (χ1) is 14.5. The fourth-order valence-electron chi connectivity index (χ4n) is 4.47. The van der Waals surface area contributed by atoms with Gasteiger partial charge in [0.15, 0.2) is 12.4 Å². The van der Waals surface area contributed by atoms with Crippen molar-refractivity contribution in [2.75, 3.05) is 19.8 Å². The Morgan fingerprint density at radius 1 is 1.16 bits per heavy atom. The molecule has 3 saturated heterocycles. The van der Waals surface area contributed by atoms with Crippen LogP contribution in [-0.4, -0.2) is 121 Å². The highest BCUT2D eigenvalue weighted by Gasteiger charge is 2.58. The number of aliphatic hydroxyl groups excluding tert-OH is 6. The number of carbonyl (C=O) groups is 1. The predicted octanol–water partition coefficient (Wildman–Crippen LogP) is -3.54. The van der Waals surface area contributed by atoms with E-state index < -0.39 is 74.0 Å². The molecule has 31 heavy (non-hydrogen) atoms. The third-order valence-electron chi connectivity index (χ3n) is 6.08. The first-order valence-electron chi connectivity index (χ1n) is 10.5. The van der Waals surface area contributed by atoms with Gasteiger partial charge < -0.3 is 50.0 Å². The molecule has 0 bridgehead atoms. The average molecular weight is 451 g/mol. The summed E-state index contributed by atoms with van der Waals surface area (Å²) in [7, 11) is 0. The van der Waals surface area contributed by atoms with Crippen molar-refractivity contribution in [2.45, 2.75) is 81.6 Å². The van der Waals surface area contributed by atoms with Crippen molar-refractivity contribution in [3.05, 3.63) is 0 Å². The molecule has 3 rings (SSSR count). The fraction of sp³-hybridized carbons (Fsp3) is 0.947. The number of nitrogens with zero attached hydrogens (tertiary/aromatic N) is 1. The van der Waals surface area contributed by atoms with Crippen molar-refractivity contribution >= 4 is 5.91 Å². The van der Waals surface area contributed by atoms with Crippen molar-refractivity contribution in [1.82, 2.24) is 4.90 Å². The molecule has 10 atom stereocenters. The van der Waals surface area contributed by atoms with Gasteiger partial charge in [-0.3, -0.25) is 9.69 Å². The Bertz CT molecular complexity index is 634. The van der Waals surface area contributed by atoms with E-state index >= 15 is 0 Å². The predicted molar refractivity (Wildman–Crippen MR) is 101 cm³/mol. The molecule has 7 N–H and O–H groups in total. The zero-order chi connectivity index (χ0) is 23.1. The van der Waals surface area contributed by atoms with E-state index in [9.17, 15) is 40.5 Å². The number of carbonyl (C=O) groups excluding carboxylic acids is 1. The second-order valence-electron chi connectivity index (χ2n) is 8.98. The first-order valence-corrected chi connectivity index (χ1v) is 10.5. The van der Waals surface area contributed by atoms with Crippen LogP contribution in [0.1, 0.15) is 26.7 Å². The average Bonchev–Trinajstić information content (AvgIpc) is 3.08. The third kappa shape index (κ3) is 4.74. The lowest BCUT2D eigenvalue weighted by atomic mass is 9.96. The van der Waals surface area contributed by atoms with Gasteiger partial charge in [0.1, 0.15) is 36.6 Å². The van der Waals surface area contributed by atoms with Crippen LogP contribution in [0, 0.1) is 11.8 Å². The molecule has 3 fully saturated rings. The van der Waals surface area contributed by atoms with Crippen LogP contribution < -0.4 is 0 Å². The molecule has 0 aromatic carbocycles. The number of rotatable bonds is 6. The number of ether oxygens (including phenoxy) is 3. The second-order valence-corrected chi connectivity index (χ2v) is 8.98. The molecule has 3 aliphatic rings. The van der Waals surface area contributed by atoms with E-state index in [1.54, 1.807) is 0 Å². The van der Waals surface area contributed by atoms with Gasteiger partial charge in [-0.2, -0.15) is 0 Å². The number of hydrogen-bond donors (Lipinski definition) is 7. The van der Waals surface area contributed by atoms with E-state index in [1.165, 1.54) is 0 Å². The van der Waals surface area contributed by atoms with E-state index in [2.05, 4.69) is 0 Å². The Labute approximate surface area is 179 Å². The van der Waals surface area contributed by atoms with E-state index in [1.807, 2.05) is 13.8 Å². The Kier molecular flexibility index (Phi) is 7.58. The summed E-state index contributed by atoms with van der Waals surface area (Å²) in [6, 6.07) is 0. The summed E-state index contributed by atoms with van der Waals surface area (Å²) in [4.78, 5) is 13.5. The van der Waals surface area contributed by atoms with Gasteiger partial charge >= 0.3 is 0 Å². The van der Waals surface area contributed by atoms with Crippen LogP contribution in [0.15, 0.2) is 0 Å². The highest BCUT2D eigenvalue weighted by atomic mass is 16.7. The van der Waals surface area contributed by atoms with Gasteiger partial charge in [0, 0.05) is 13.0 Å². The maximum Gasteiger partial charge on any atom is 0.281 e. The number of likely N-dealkylation sites (tertiary alicyclic amines) is 1. The summed E-state index contributed by atoms with van der Waals surface area (Å²) < 4.78 is 16.0. The molecule has 12 heteroatoms. The van der Waals surface area contributed by atoms with Crippen molar-refractivity contribution in [2.24, 2.45) is 11.8 Å². The van der Waals surface area contributed by atoms with Crippen molar-refractivity contribution in [3.63, 3.8) is 0 Å². The van der Waals surface area contributed by atoms with Gasteiger partial charge in [0.2, 0.25) is 5.91 Å². The highest BCUT2D eigenvalue weighted by Crippen LogP contribution is 2.36. The van der Waals surface area contributed by atoms with E-state index in [0.29, 0.717) is 5.92 Å². The Hall–Kier alpha value is -0.930. The number of amides is 1. The SMILES string of the molecule is CC(C)C[C@@H]1CC(=O)N([C@@]2(O)OC[C@@H](O)[C@@H](O[C@@H]3O[C@H](CO)[C@H](O)[C@H](O)[C@H]3O)[C@@H]2O)C1. The van der Waals surface area contributed by atoms with Crippen molar-refractivity contribution in [1.29, 1.82) is 0 Å². The first kappa shape index (κ1) is 24.7. The topological polar surface area (TPSA) is 190 Å². The van der Waals surface area contributed by atoms with Crippen LogP contribution in [0.5, 0.6) is 0 Å². The van der Waals surface area contributed by atoms with Gasteiger partial charge in [0.25, 0.3) is 5.91 Å². The van der Waals surface area contributed by atoms with Crippen LogP contribution in [0.4, 0.5) is 0 Å². The quantitative estimate of drug-likeness (QED) is 0.212. The summed E-state index contributed by atoms with van der Waals surface area (Å²) in [5, 5.41) is 71.4. The summed E-state index contributed by atoms with van der Waals surface area (Å²) >= 11 is 0. The van der Waals surface area contributed by atoms with Crippen LogP contribution in [0.2, 0.25) is 0 Å². The third-order valence-corrected chi connectivity index (χ3v) is 6.08. The van der Waals surface area contributed by atoms with Gasteiger partial charge in [0.05, 0.1) is 13.2 Å². The molecular weight excluding hydrogens is 418 g/mol. The molecule has 3 heterocycles. The van der Waals surface area contributed by atoms with Crippen LogP contribution in [-0.2, 0) is 19.0 Å². The Morgan fingerprint density at radius 2 is 1.84 bits per heavy atom. The normalized spacial score (nSPS) is 46.7. The van der Waals surface area contributed by atoms with Gasteiger partial charge in [-0.15, -0.1) is 0 Å². The molecule has 1 amide bonds. The monoisotopic (exact) mass is 451 g/mol. The van der Waals surface area contributed by atoms with Crippen LogP contribution in [0.3, 0.4) is 0 Å². The molecule has 0 unspecified atom stereocenters. The smallest absolute Gasteiger partial charge is 0.281 e. The summed E-state index contributed by atoms with van der Waals surface area (Å²) in [6.07, 6.45) is -12.1. The Balaban J connectivity index is 1.75. The lowest BCUT2D eigenvalue weighted by Crippen LogP contribution is -2.70. The van der Waals surface area contributed by atoms with Crippen molar-refractivity contribution in [3.8, 4) is 0 Å².